The molecular weight excluding hydrogens is 384 g/mol. The van der Waals surface area contributed by atoms with Crippen molar-refractivity contribution in [1.82, 2.24) is 19.6 Å². The van der Waals surface area contributed by atoms with Gasteiger partial charge in [0.25, 0.3) is 5.91 Å². The van der Waals surface area contributed by atoms with Crippen LogP contribution in [0.2, 0.25) is 0 Å². The second-order valence-electron chi connectivity index (χ2n) is 8.82. The van der Waals surface area contributed by atoms with Gasteiger partial charge in [0, 0.05) is 24.8 Å². The molecule has 162 valence electrons. The normalized spacial score (nSPS) is 15.2. The minimum atomic E-state index is 0.0575. The van der Waals surface area contributed by atoms with Crippen LogP contribution in [0.25, 0.3) is 11.3 Å². The van der Waals surface area contributed by atoms with Gasteiger partial charge in [-0.3, -0.25) is 9.48 Å². The summed E-state index contributed by atoms with van der Waals surface area (Å²) >= 11 is 0. The SMILES string of the molecule is Cc1ccc(-c2nn(Cc3ccccc3)cc2C(=O)N(C)C2CCN(C)CC2)cc1C. The second-order valence-corrected chi connectivity index (χ2v) is 8.82. The van der Waals surface area contributed by atoms with Crippen molar-refractivity contribution in [1.29, 1.82) is 0 Å². The molecule has 5 heteroatoms. The number of aromatic nitrogens is 2. The number of benzene rings is 2. The number of carbonyl (C=O) groups is 1. The summed E-state index contributed by atoms with van der Waals surface area (Å²) in [5.41, 5.74) is 6.06. The van der Waals surface area contributed by atoms with Gasteiger partial charge in [0.05, 0.1) is 12.1 Å². The van der Waals surface area contributed by atoms with Gasteiger partial charge in [0.15, 0.2) is 0 Å². The number of aryl methyl sites for hydroxylation is 2. The molecule has 0 unspecified atom stereocenters. The molecule has 2 heterocycles. The Balaban J connectivity index is 1.68. The van der Waals surface area contributed by atoms with Crippen LogP contribution in [-0.2, 0) is 6.54 Å². The lowest BCUT2D eigenvalue weighted by Gasteiger charge is -2.35. The van der Waals surface area contributed by atoms with E-state index in [0.29, 0.717) is 12.1 Å². The highest BCUT2D eigenvalue weighted by molar-refractivity contribution is 6.00. The Morgan fingerprint density at radius 1 is 1.06 bits per heavy atom. The van der Waals surface area contributed by atoms with Crippen molar-refractivity contribution < 1.29 is 4.79 Å². The molecule has 2 aromatic carbocycles. The van der Waals surface area contributed by atoms with Gasteiger partial charge in [-0.25, -0.2) is 0 Å². The number of amides is 1. The van der Waals surface area contributed by atoms with E-state index < -0.39 is 0 Å². The molecule has 1 aromatic heterocycles. The summed E-state index contributed by atoms with van der Waals surface area (Å²) in [6, 6.07) is 16.8. The summed E-state index contributed by atoms with van der Waals surface area (Å²) in [6.07, 6.45) is 3.94. The highest BCUT2D eigenvalue weighted by atomic mass is 16.2. The Morgan fingerprint density at radius 2 is 1.77 bits per heavy atom. The number of hydrogen-bond donors (Lipinski definition) is 0. The molecule has 1 aliphatic heterocycles. The average Bonchev–Trinajstić information content (AvgIpc) is 3.19. The van der Waals surface area contributed by atoms with E-state index in [9.17, 15) is 4.79 Å². The fourth-order valence-corrected chi connectivity index (χ4v) is 4.27. The highest BCUT2D eigenvalue weighted by Gasteiger charge is 2.28. The maximum atomic E-state index is 13.6. The molecule has 0 N–H and O–H groups in total. The molecule has 1 saturated heterocycles. The van der Waals surface area contributed by atoms with Crippen LogP contribution in [0, 0.1) is 13.8 Å². The van der Waals surface area contributed by atoms with Crippen molar-refractivity contribution >= 4 is 5.91 Å². The van der Waals surface area contributed by atoms with Gasteiger partial charge in [-0.1, -0.05) is 42.5 Å². The largest absolute Gasteiger partial charge is 0.339 e. The second kappa shape index (κ2) is 9.06. The Bertz CT molecular complexity index is 1050. The summed E-state index contributed by atoms with van der Waals surface area (Å²) in [7, 11) is 4.08. The van der Waals surface area contributed by atoms with Gasteiger partial charge in [-0.2, -0.15) is 5.10 Å². The Kier molecular flexibility index (Phi) is 6.23. The summed E-state index contributed by atoms with van der Waals surface area (Å²) < 4.78 is 1.90. The van der Waals surface area contributed by atoms with E-state index in [0.717, 1.165) is 37.2 Å². The molecule has 4 rings (SSSR count). The quantitative estimate of drug-likeness (QED) is 0.620. The van der Waals surface area contributed by atoms with Crippen LogP contribution in [0.4, 0.5) is 0 Å². The van der Waals surface area contributed by atoms with E-state index in [1.807, 2.05) is 41.0 Å². The van der Waals surface area contributed by atoms with Crippen LogP contribution in [-0.4, -0.2) is 58.7 Å². The molecular formula is C26H32N4O. The zero-order valence-electron chi connectivity index (χ0n) is 19.0. The molecule has 0 saturated carbocycles. The van der Waals surface area contributed by atoms with E-state index in [1.54, 1.807) is 0 Å². The molecule has 1 fully saturated rings. The topological polar surface area (TPSA) is 41.4 Å². The number of piperidine rings is 1. The van der Waals surface area contributed by atoms with Crippen molar-refractivity contribution in [2.75, 3.05) is 27.2 Å². The van der Waals surface area contributed by atoms with Crippen molar-refractivity contribution in [3.63, 3.8) is 0 Å². The number of rotatable bonds is 5. The third kappa shape index (κ3) is 4.72. The molecule has 1 aliphatic rings. The molecule has 0 spiro atoms. The Labute approximate surface area is 185 Å². The molecule has 1 amide bonds. The van der Waals surface area contributed by atoms with Gasteiger partial charge in [-0.15, -0.1) is 0 Å². The van der Waals surface area contributed by atoms with Crippen molar-refractivity contribution in [2.45, 2.75) is 39.3 Å². The lowest BCUT2D eigenvalue weighted by molar-refractivity contribution is 0.0660. The van der Waals surface area contributed by atoms with Gasteiger partial charge >= 0.3 is 0 Å². The van der Waals surface area contributed by atoms with E-state index in [4.69, 9.17) is 5.10 Å². The van der Waals surface area contributed by atoms with Gasteiger partial charge in [0.1, 0.15) is 5.69 Å². The highest BCUT2D eigenvalue weighted by Crippen LogP contribution is 2.27. The lowest BCUT2D eigenvalue weighted by Crippen LogP contribution is -2.44. The molecule has 5 nitrogen and oxygen atoms in total. The molecule has 0 atom stereocenters. The standard InChI is InChI=1S/C26H32N4O/c1-19-10-11-22(16-20(19)2)25-24(18-30(27-25)17-21-8-6-5-7-9-21)26(31)29(4)23-12-14-28(3)15-13-23/h5-11,16,18,23H,12-15,17H2,1-4H3. The summed E-state index contributed by atoms with van der Waals surface area (Å²) in [6.45, 7) is 6.90. The van der Waals surface area contributed by atoms with Crippen molar-refractivity contribution in [3.05, 3.63) is 77.0 Å². The first-order chi connectivity index (χ1) is 14.9. The third-order valence-corrected chi connectivity index (χ3v) is 6.52. The number of likely N-dealkylation sites (tertiary alicyclic amines) is 1. The Hall–Kier alpha value is -2.92. The van der Waals surface area contributed by atoms with Crippen molar-refractivity contribution in [2.24, 2.45) is 0 Å². The van der Waals surface area contributed by atoms with Crippen LogP contribution in [0.5, 0.6) is 0 Å². The van der Waals surface area contributed by atoms with Crippen LogP contribution in [0.1, 0.15) is 39.9 Å². The van der Waals surface area contributed by atoms with E-state index >= 15 is 0 Å². The lowest BCUT2D eigenvalue weighted by atomic mass is 10.00. The predicted molar refractivity (Wildman–Crippen MR) is 125 cm³/mol. The first-order valence-electron chi connectivity index (χ1n) is 11.1. The minimum absolute atomic E-state index is 0.0575. The van der Waals surface area contributed by atoms with Crippen LogP contribution < -0.4 is 0 Å². The molecule has 0 aliphatic carbocycles. The van der Waals surface area contributed by atoms with Crippen LogP contribution in [0.15, 0.2) is 54.7 Å². The number of carbonyl (C=O) groups excluding carboxylic acids is 1. The van der Waals surface area contributed by atoms with Gasteiger partial charge in [-0.05, 0) is 69.6 Å². The third-order valence-electron chi connectivity index (χ3n) is 6.52. The average molecular weight is 417 g/mol. The van der Waals surface area contributed by atoms with Gasteiger partial charge in [0.2, 0.25) is 0 Å². The monoisotopic (exact) mass is 416 g/mol. The van der Waals surface area contributed by atoms with E-state index in [-0.39, 0.29) is 11.9 Å². The van der Waals surface area contributed by atoms with Gasteiger partial charge < -0.3 is 9.80 Å². The zero-order chi connectivity index (χ0) is 22.0. The van der Waals surface area contributed by atoms with Crippen molar-refractivity contribution in [3.8, 4) is 11.3 Å². The number of hydrogen-bond acceptors (Lipinski definition) is 3. The van der Waals surface area contributed by atoms with Crippen LogP contribution >= 0.6 is 0 Å². The number of nitrogens with zero attached hydrogens (tertiary/aromatic N) is 4. The smallest absolute Gasteiger partial charge is 0.257 e. The summed E-state index contributed by atoms with van der Waals surface area (Å²) in [5, 5.41) is 4.87. The first-order valence-corrected chi connectivity index (χ1v) is 11.1. The minimum Gasteiger partial charge on any atom is -0.339 e. The molecule has 3 aromatic rings. The van der Waals surface area contributed by atoms with E-state index in [1.165, 1.54) is 16.7 Å². The molecule has 0 bridgehead atoms. The Morgan fingerprint density at radius 3 is 2.45 bits per heavy atom. The first kappa shape index (κ1) is 21.3. The summed E-state index contributed by atoms with van der Waals surface area (Å²) in [5.74, 6) is 0.0575. The fourth-order valence-electron chi connectivity index (χ4n) is 4.27. The summed E-state index contributed by atoms with van der Waals surface area (Å²) in [4.78, 5) is 17.9. The molecule has 31 heavy (non-hydrogen) atoms. The van der Waals surface area contributed by atoms with E-state index in [2.05, 4.69) is 56.1 Å². The zero-order valence-corrected chi connectivity index (χ0v) is 19.0. The molecule has 0 radical (unpaired) electrons. The predicted octanol–water partition coefficient (Wildman–Crippen LogP) is 4.38. The van der Waals surface area contributed by atoms with Crippen LogP contribution in [0.3, 0.4) is 0 Å². The fraction of sp³-hybridized carbons (Fsp3) is 0.385. The maximum Gasteiger partial charge on any atom is 0.257 e. The maximum absolute atomic E-state index is 13.6.